The van der Waals surface area contributed by atoms with E-state index in [9.17, 15) is 0 Å². The Morgan fingerprint density at radius 2 is 0.817 bits per heavy atom. The smallest absolute Gasteiger partial charge is 0.0546 e. The molecule has 0 saturated heterocycles. The van der Waals surface area contributed by atoms with Crippen LogP contribution in [0, 0.1) is 11.8 Å². The van der Waals surface area contributed by atoms with Gasteiger partial charge in [0.1, 0.15) is 0 Å². The van der Waals surface area contributed by atoms with E-state index in [1.54, 1.807) is 0 Å². The monoisotopic (exact) mass is 938 g/mol. The Balaban J connectivity index is 0.981. The number of fused-ring (bicyclic) bond motifs is 11. The van der Waals surface area contributed by atoms with E-state index in [2.05, 4.69) is 258 Å². The summed E-state index contributed by atoms with van der Waals surface area (Å²) in [4.78, 5) is 4.90. The predicted octanol–water partition coefficient (Wildman–Crippen LogP) is 19.6. The van der Waals surface area contributed by atoms with Crippen LogP contribution in [0.5, 0.6) is 0 Å². The van der Waals surface area contributed by atoms with Gasteiger partial charge in [-0.15, -0.1) is 22.7 Å². The van der Waals surface area contributed by atoms with E-state index in [4.69, 9.17) is 0 Å². The highest BCUT2D eigenvalue weighted by Gasteiger charge is 2.25. The summed E-state index contributed by atoms with van der Waals surface area (Å²) in [6.07, 6.45) is 4.88. The average Bonchev–Trinajstić information content (AvgIpc) is 3.91. The number of benzene rings is 11. The van der Waals surface area contributed by atoms with Crippen molar-refractivity contribution in [2.24, 2.45) is 0 Å². The molecule has 1 aliphatic rings. The maximum atomic E-state index is 3.54. The molecule has 11 aromatic carbocycles. The topological polar surface area (TPSA) is 6.48 Å². The normalized spacial score (nSPS) is 12.1. The van der Waals surface area contributed by atoms with E-state index in [-0.39, 0.29) is 0 Å². The molecule has 0 amide bonds. The Morgan fingerprint density at radius 3 is 1.41 bits per heavy atom. The van der Waals surface area contributed by atoms with Gasteiger partial charge < -0.3 is 9.80 Å². The fourth-order valence-corrected chi connectivity index (χ4v) is 13.4. The Hall–Kier alpha value is -8.72. The summed E-state index contributed by atoms with van der Waals surface area (Å²) < 4.78 is 5.24. The summed E-state index contributed by atoms with van der Waals surface area (Å²) in [7, 11) is 0. The molecule has 2 aromatic heterocycles. The lowest BCUT2D eigenvalue weighted by Crippen LogP contribution is -2.13. The average molecular weight is 939 g/mol. The quantitative estimate of drug-likeness (QED) is 0.111. The number of hydrogen-bond donors (Lipinski definition) is 0. The van der Waals surface area contributed by atoms with Crippen molar-refractivity contribution in [2.45, 2.75) is 6.42 Å². The van der Waals surface area contributed by atoms with Gasteiger partial charge in [0, 0.05) is 80.5 Å². The van der Waals surface area contributed by atoms with Crippen molar-refractivity contribution in [1.82, 2.24) is 0 Å². The molecule has 0 saturated carbocycles. The van der Waals surface area contributed by atoms with Gasteiger partial charge in [-0.2, -0.15) is 0 Å². The second-order valence-corrected chi connectivity index (χ2v) is 20.3. The van der Waals surface area contributed by atoms with E-state index < -0.39 is 0 Å². The largest absolute Gasteiger partial charge is 0.310 e. The molecule has 2 heterocycles. The van der Waals surface area contributed by atoms with Gasteiger partial charge in [0.05, 0.1) is 11.4 Å². The first-order chi connectivity index (χ1) is 35.2. The molecule has 13 aromatic rings. The van der Waals surface area contributed by atoms with Gasteiger partial charge in [-0.25, -0.2) is 0 Å². The Bertz CT molecular complexity index is 4340. The molecule has 0 spiro atoms. The zero-order chi connectivity index (χ0) is 46.8. The maximum absolute atomic E-state index is 3.54. The second-order valence-electron chi connectivity index (χ2n) is 18.2. The highest BCUT2D eigenvalue weighted by Crippen LogP contribution is 2.49. The lowest BCUT2D eigenvalue weighted by Gasteiger charge is -2.31. The molecule has 0 aliphatic heterocycles. The van der Waals surface area contributed by atoms with Crippen molar-refractivity contribution < 1.29 is 0 Å². The summed E-state index contributed by atoms with van der Waals surface area (Å²) in [6, 6.07) is 84.7. The molecule has 332 valence electrons. The van der Waals surface area contributed by atoms with Crippen LogP contribution in [0.1, 0.15) is 11.1 Å². The molecule has 14 rings (SSSR count). The van der Waals surface area contributed by atoms with E-state index in [1.165, 1.54) is 89.7 Å². The van der Waals surface area contributed by atoms with Gasteiger partial charge in [0.2, 0.25) is 0 Å². The van der Waals surface area contributed by atoms with Crippen LogP contribution in [0.3, 0.4) is 0 Å². The fraction of sp³-hybridized carbons (Fsp3) is 0.0149. The second kappa shape index (κ2) is 17.1. The van der Waals surface area contributed by atoms with Crippen LogP contribution < -0.4 is 9.80 Å². The van der Waals surface area contributed by atoms with Crippen molar-refractivity contribution in [1.29, 1.82) is 0 Å². The van der Waals surface area contributed by atoms with Crippen LogP contribution >= 0.6 is 22.7 Å². The van der Waals surface area contributed by atoms with Crippen LogP contribution in [0.2, 0.25) is 0 Å². The number of para-hydroxylation sites is 2. The van der Waals surface area contributed by atoms with Crippen LogP contribution in [-0.4, -0.2) is 0 Å². The van der Waals surface area contributed by atoms with Crippen molar-refractivity contribution in [2.75, 3.05) is 9.80 Å². The van der Waals surface area contributed by atoms with Gasteiger partial charge in [0.15, 0.2) is 0 Å². The number of hydrogen-bond acceptors (Lipinski definition) is 4. The lowest BCUT2D eigenvalue weighted by atomic mass is 9.90. The van der Waals surface area contributed by atoms with Crippen LogP contribution in [0.15, 0.2) is 237 Å². The van der Waals surface area contributed by atoms with Crippen molar-refractivity contribution in [3.05, 3.63) is 248 Å². The molecule has 0 fully saturated rings. The van der Waals surface area contributed by atoms with Gasteiger partial charge >= 0.3 is 0 Å². The van der Waals surface area contributed by atoms with Crippen LogP contribution in [0.25, 0.3) is 90.2 Å². The van der Waals surface area contributed by atoms with E-state index >= 15 is 0 Å². The molecule has 2 nitrogen and oxygen atoms in total. The van der Waals surface area contributed by atoms with Crippen molar-refractivity contribution in [3.63, 3.8) is 0 Å². The molecular formula is C67H42N2S2. The third kappa shape index (κ3) is 6.93. The van der Waals surface area contributed by atoms with E-state index in [0.29, 0.717) is 6.42 Å². The zero-order valence-corrected chi connectivity index (χ0v) is 40.1. The van der Waals surface area contributed by atoms with Crippen molar-refractivity contribution >= 4 is 125 Å². The molecule has 71 heavy (non-hydrogen) atoms. The maximum Gasteiger partial charge on any atom is 0.0546 e. The first kappa shape index (κ1) is 41.3. The van der Waals surface area contributed by atoms with Gasteiger partial charge in [-0.05, 0) is 129 Å². The third-order valence-electron chi connectivity index (χ3n) is 14.1. The number of rotatable bonds is 8. The number of thiophene rings is 2. The molecule has 4 heteroatoms. The highest BCUT2D eigenvalue weighted by molar-refractivity contribution is 7.26. The predicted molar refractivity (Wildman–Crippen MR) is 308 cm³/mol. The summed E-state index contributed by atoms with van der Waals surface area (Å²) in [5.41, 5.74) is 13.8. The minimum atomic E-state index is 0.612. The molecule has 0 unspecified atom stereocenters. The summed E-state index contributed by atoms with van der Waals surface area (Å²) >= 11 is 3.75. The minimum absolute atomic E-state index is 0.612. The first-order valence-electron chi connectivity index (χ1n) is 24.1. The van der Waals surface area contributed by atoms with Crippen molar-refractivity contribution in [3.8, 4) is 34.1 Å². The summed E-state index contributed by atoms with van der Waals surface area (Å²) in [5.74, 6) is 6.92. The highest BCUT2D eigenvalue weighted by atomic mass is 32.1. The first-order valence-corrected chi connectivity index (χ1v) is 25.7. The van der Waals surface area contributed by atoms with Gasteiger partial charge in [-0.3, -0.25) is 0 Å². The summed E-state index contributed by atoms with van der Waals surface area (Å²) in [6.45, 7) is 0. The molecule has 1 aliphatic carbocycles. The van der Waals surface area contributed by atoms with Crippen LogP contribution in [0.4, 0.5) is 34.1 Å². The molecule has 0 N–H and O–H groups in total. The molecular weight excluding hydrogens is 897 g/mol. The molecule has 0 bridgehead atoms. The van der Waals surface area contributed by atoms with Gasteiger partial charge in [-0.1, -0.05) is 170 Å². The van der Waals surface area contributed by atoms with E-state index in [1.807, 2.05) is 28.7 Å². The Morgan fingerprint density at radius 1 is 0.352 bits per heavy atom. The fourth-order valence-electron chi connectivity index (χ4n) is 11.0. The lowest BCUT2D eigenvalue weighted by molar-refractivity contribution is 1.25. The number of nitrogens with zero attached hydrogens (tertiary/aromatic N) is 2. The molecule has 0 atom stereocenters. The Labute approximate surface area is 420 Å². The molecule has 0 radical (unpaired) electrons. The third-order valence-corrected chi connectivity index (χ3v) is 16.6. The standard InChI is InChI=1S/C67H42N2S2/c1-4-22-46(23-5-1)68(48-26-16-20-44(40-48)50-34-18-36-58-56-32-12-14-38-64(56)70-66(50)58)62-43-61-53-29-10-11-31-55(53)63(42-60(61)52-28-8-3-9-30-54(52)62)69(47-24-6-2-7-25-47)49-27-17-21-45(41-49)51-35-19-37-59-57-33-13-15-39-65(57)71-67(51)59/h1-2,4-7,9-27,29-43H,28H2. The summed E-state index contributed by atoms with van der Waals surface area (Å²) in [5, 5.41) is 9.97. The van der Waals surface area contributed by atoms with Crippen LogP contribution in [-0.2, 0) is 6.42 Å². The number of anilines is 6. The number of allylic oxidation sites excluding steroid dienone is 1. The Kier molecular flexibility index (Phi) is 9.91. The minimum Gasteiger partial charge on any atom is -0.310 e. The van der Waals surface area contributed by atoms with Gasteiger partial charge in [0.25, 0.3) is 0 Å². The SMILES string of the molecule is C1#CCc2c(c(N(c3ccccc3)c3cccc(-c4cccc5c4sc4ccccc45)c3)cc3c2cc(N(c2ccccc2)c2cccc(-c4cccc5c4sc4ccccc45)c2)c2ccccc23)C=C1. The zero-order valence-electron chi connectivity index (χ0n) is 38.5. The van der Waals surface area contributed by atoms with E-state index in [0.717, 1.165) is 39.7 Å².